The first kappa shape index (κ1) is 14.4. The van der Waals surface area contributed by atoms with Gasteiger partial charge in [-0.3, -0.25) is 9.69 Å². The topological polar surface area (TPSA) is 40.5 Å². The Hall–Kier alpha value is -0.710. The predicted molar refractivity (Wildman–Crippen MR) is 71.8 cm³/mol. The van der Waals surface area contributed by atoms with Crippen LogP contribution in [0.5, 0.6) is 0 Å². The van der Waals surface area contributed by atoms with Crippen LogP contribution in [0.15, 0.2) is 12.1 Å². The smallest absolute Gasteiger partial charge is 0.186 e. The van der Waals surface area contributed by atoms with Crippen LogP contribution in [-0.4, -0.2) is 41.5 Å². The van der Waals surface area contributed by atoms with Crippen molar-refractivity contribution in [1.29, 1.82) is 0 Å². The van der Waals surface area contributed by atoms with Crippen LogP contribution in [0.25, 0.3) is 0 Å². The van der Waals surface area contributed by atoms with Gasteiger partial charge in [0.2, 0.25) is 0 Å². The number of rotatable bonds is 6. The number of nitrogens with zero attached hydrogens (tertiary/aromatic N) is 1. The van der Waals surface area contributed by atoms with E-state index < -0.39 is 0 Å². The molecule has 0 spiro atoms. The maximum absolute atomic E-state index is 12.0. The van der Waals surface area contributed by atoms with Gasteiger partial charge in [-0.25, -0.2) is 0 Å². The Balaban J connectivity index is 2.66. The highest BCUT2D eigenvalue weighted by Gasteiger charge is 2.24. The van der Waals surface area contributed by atoms with Gasteiger partial charge in [0.1, 0.15) is 0 Å². The van der Waals surface area contributed by atoms with Crippen molar-refractivity contribution >= 4 is 17.1 Å². The van der Waals surface area contributed by atoms with Crippen molar-refractivity contribution in [1.82, 2.24) is 4.90 Å². The van der Waals surface area contributed by atoms with E-state index in [2.05, 4.69) is 6.92 Å². The molecule has 17 heavy (non-hydrogen) atoms. The van der Waals surface area contributed by atoms with Crippen LogP contribution in [0.2, 0.25) is 0 Å². The summed E-state index contributed by atoms with van der Waals surface area (Å²) < 4.78 is 0. The van der Waals surface area contributed by atoms with E-state index in [1.165, 1.54) is 4.88 Å². The summed E-state index contributed by atoms with van der Waals surface area (Å²) in [6, 6.07) is 3.90. The summed E-state index contributed by atoms with van der Waals surface area (Å²) in [6.07, 6.45) is 0.968. The molecule has 4 heteroatoms. The van der Waals surface area contributed by atoms with Crippen molar-refractivity contribution in [2.45, 2.75) is 32.7 Å². The van der Waals surface area contributed by atoms with Crippen molar-refractivity contribution in [2.75, 3.05) is 20.2 Å². The third kappa shape index (κ3) is 3.63. The molecule has 0 radical (unpaired) electrons. The average molecular weight is 255 g/mol. The minimum absolute atomic E-state index is 0.0431. The number of thiophene rings is 1. The predicted octanol–water partition coefficient (Wildman–Crippen LogP) is 2.20. The fourth-order valence-corrected chi connectivity index (χ4v) is 2.22. The Morgan fingerprint density at radius 2 is 2.12 bits per heavy atom. The Morgan fingerprint density at radius 1 is 1.47 bits per heavy atom. The van der Waals surface area contributed by atoms with E-state index in [4.69, 9.17) is 0 Å². The van der Waals surface area contributed by atoms with Crippen LogP contribution < -0.4 is 0 Å². The highest BCUT2D eigenvalue weighted by molar-refractivity contribution is 7.14. The van der Waals surface area contributed by atoms with Gasteiger partial charge in [0.25, 0.3) is 0 Å². The van der Waals surface area contributed by atoms with Crippen molar-refractivity contribution in [3.63, 3.8) is 0 Å². The van der Waals surface area contributed by atoms with Crippen LogP contribution in [-0.2, 0) is 6.42 Å². The van der Waals surface area contributed by atoms with E-state index in [9.17, 15) is 9.90 Å². The molecular formula is C13H21NO2S. The molecular weight excluding hydrogens is 234 g/mol. The number of aliphatic hydroxyl groups excluding tert-OH is 1. The molecule has 3 nitrogen and oxygen atoms in total. The van der Waals surface area contributed by atoms with E-state index in [-0.39, 0.29) is 17.9 Å². The van der Waals surface area contributed by atoms with Gasteiger partial charge in [0, 0.05) is 10.4 Å². The Bertz CT molecular complexity index is 385. The number of Topliss-reactive ketones (excluding diaryl/α,β-unsaturated/α-hetero) is 1. The van der Waals surface area contributed by atoms with Gasteiger partial charge in [0.15, 0.2) is 5.78 Å². The molecule has 0 saturated carbocycles. The zero-order valence-corrected chi connectivity index (χ0v) is 11.8. The highest BCUT2D eigenvalue weighted by Crippen LogP contribution is 2.19. The third-order valence-corrected chi connectivity index (χ3v) is 4.36. The van der Waals surface area contributed by atoms with Gasteiger partial charge in [-0.1, -0.05) is 6.92 Å². The summed E-state index contributed by atoms with van der Waals surface area (Å²) in [4.78, 5) is 16.0. The van der Waals surface area contributed by atoms with Crippen LogP contribution in [0, 0.1) is 0 Å². The molecule has 0 aliphatic rings. The monoisotopic (exact) mass is 255 g/mol. The summed E-state index contributed by atoms with van der Waals surface area (Å²) >= 11 is 1.56. The third-order valence-electron chi connectivity index (χ3n) is 3.09. The summed E-state index contributed by atoms with van der Waals surface area (Å²) in [6.45, 7) is 6.32. The van der Waals surface area contributed by atoms with Crippen LogP contribution >= 0.6 is 11.3 Å². The number of carbonyl (C=O) groups is 1. The fourth-order valence-electron chi connectivity index (χ4n) is 1.35. The average Bonchev–Trinajstić information content (AvgIpc) is 2.77. The lowest BCUT2D eigenvalue weighted by Gasteiger charge is -2.33. The molecule has 1 N–H and O–H groups in total. The van der Waals surface area contributed by atoms with Gasteiger partial charge in [-0.15, -0.1) is 11.3 Å². The lowest BCUT2D eigenvalue weighted by Crippen LogP contribution is -2.46. The van der Waals surface area contributed by atoms with Crippen molar-refractivity contribution in [2.24, 2.45) is 0 Å². The first-order valence-electron chi connectivity index (χ1n) is 5.84. The molecule has 0 bridgehead atoms. The molecule has 0 amide bonds. The number of hydrogen-bond acceptors (Lipinski definition) is 4. The van der Waals surface area contributed by atoms with Gasteiger partial charge >= 0.3 is 0 Å². The minimum atomic E-state index is -0.361. The number of ketones is 1. The molecule has 1 aromatic heterocycles. The van der Waals surface area contributed by atoms with E-state index in [0.717, 1.165) is 11.3 Å². The SMILES string of the molecule is CCc1ccc(C(=O)CN(C)C(C)(C)CO)s1. The number of aryl methyl sites for hydroxylation is 1. The van der Waals surface area contributed by atoms with E-state index >= 15 is 0 Å². The normalized spacial score (nSPS) is 12.1. The molecule has 1 heterocycles. The van der Waals surface area contributed by atoms with E-state index in [0.29, 0.717) is 6.54 Å². The van der Waals surface area contributed by atoms with Crippen LogP contribution in [0.3, 0.4) is 0 Å². The number of hydrogen-bond donors (Lipinski definition) is 1. The standard InChI is InChI=1S/C13H21NO2S/c1-5-10-6-7-12(17-10)11(16)8-14(4)13(2,3)9-15/h6-7,15H,5,8-9H2,1-4H3. The molecule has 0 aromatic carbocycles. The molecule has 0 aliphatic carbocycles. The molecule has 0 unspecified atom stereocenters. The Labute approximate surface area is 107 Å². The molecule has 1 aromatic rings. The quantitative estimate of drug-likeness (QED) is 0.792. The molecule has 96 valence electrons. The number of likely N-dealkylation sites (N-methyl/N-ethyl adjacent to an activating group) is 1. The second kappa shape index (κ2) is 5.76. The van der Waals surface area contributed by atoms with Crippen molar-refractivity contribution in [3.8, 4) is 0 Å². The zero-order valence-electron chi connectivity index (χ0n) is 11.0. The van der Waals surface area contributed by atoms with Crippen molar-refractivity contribution < 1.29 is 9.90 Å². The lowest BCUT2D eigenvalue weighted by molar-refractivity contribution is 0.0662. The molecule has 0 fully saturated rings. The summed E-state index contributed by atoms with van der Waals surface area (Å²) in [7, 11) is 1.86. The van der Waals surface area contributed by atoms with E-state index in [1.54, 1.807) is 11.3 Å². The van der Waals surface area contributed by atoms with Gasteiger partial charge in [-0.05, 0) is 39.4 Å². The zero-order chi connectivity index (χ0) is 13.1. The second-order valence-corrected chi connectivity index (χ2v) is 6.04. The number of aliphatic hydroxyl groups is 1. The van der Waals surface area contributed by atoms with Crippen molar-refractivity contribution in [3.05, 3.63) is 21.9 Å². The lowest BCUT2D eigenvalue weighted by atomic mass is 10.0. The highest BCUT2D eigenvalue weighted by atomic mass is 32.1. The summed E-state index contributed by atoms with van der Waals surface area (Å²) in [5, 5.41) is 9.24. The minimum Gasteiger partial charge on any atom is -0.394 e. The van der Waals surface area contributed by atoms with Gasteiger partial charge in [0.05, 0.1) is 18.0 Å². The fraction of sp³-hybridized carbons (Fsp3) is 0.615. The number of carbonyl (C=O) groups excluding carboxylic acids is 1. The first-order valence-corrected chi connectivity index (χ1v) is 6.66. The largest absolute Gasteiger partial charge is 0.394 e. The van der Waals surface area contributed by atoms with E-state index in [1.807, 2.05) is 37.9 Å². The van der Waals surface area contributed by atoms with Crippen LogP contribution in [0.1, 0.15) is 35.3 Å². The molecule has 0 aliphatic heterocycles. The summed E-state index contributed by atoms with van der Waals surface area (Å²) in [5.74, 6) is 0.124. The summed E-state index contributed by atoms with van der Waals surface area (Å²) in [5.41, 5.74) is -0.361. The second-order valence-electron chi connectivity index (χ2n) is 4.87. The molecule has 1 rings (SSSR count). The Kier molecular flexibility index (Phi) is 4.86. The first-order chi connectivity index (χ1) is 7.90. The van der Waals surface area contributed by atoms with Gasteiger partial charge < -0.3 is 5.11 Å². The molecule has 0 saturated heterocycles. The Morgan fingerprint density at radius 3 is 2.59 bits per heavy atom. The maximum atomic E-state index is 12.0. The van der Waals surface area contributed by atoms with Gasteiger partial charge in [-0.2, -0.15) is 0 Å². The molecule has 0 atom stereocenters. The van der Waals surface area contributed by atoms with Crippen LogP contribution in [0.4, 0.5) is 0 Å². The maximum Gasteiger partial charge on any atom is 0.186 e.